The molecule has 0 aliphatic rings. The van der Waals surface area contributed by atoms with Gasteiger partial charge in [0, 0.05) is 24.2 Å². The molecule has 92 valence electrons. The largest absolute Gasteiger partial charge is 0.380 e. The van der Waals surface area contributed by atoms with E-state index >= 15 is 0 Å². The van der Waals surface area contributed by atoms with Gasteiger partial charge in [0.1, 0.15) is 0 Å². The average Bonchev–Trinajstić information content (AvgIpc) is 2.29. The summed E-state index contributed by atoms with van der Waals surface area (Å²) in [6, 6.07) is 3.87. The van der Waals surface area contributed by atoms with Crippen molar-refractivity contribution >= 4 is 22.6 Å². The standard InChI is InChI=1S/C10H13IN4O2/c1-14(10(12)7-15(16)17)6-8-2-3-9(4-11)13-5-8/h2-3,5,7H,4,6,12H2,1H3/b10-7+. The lowest BCUT2D eigenvalue weighted by Crippen LogP contribution is -2.24. The topological polar surface area (TPSA) is 85.3 Å². The normalized spacial score (nSPS) is 11.3. The van der Waals surface area contributed by atoms with Crippen LogP contribution in [0.5, 0.6) is 0 Å². The van der Waals surface area contributed by atoms with Crippen LogP contribution < -0.4 is 5.73 Å². The Hall–Kier alpha value is -1.38. The molecule has 0 bridgehead atoms. The van der Waals surface area contributed by atoms with Crippen molar-refractivity contribution in [3.8, 4) is 0 Å². The molecule has 2 N–H and O–H groups in total. The molecule has 0 saturated carbocycles. The van der Waals surface area contributed by atoms with Gasteiger partial charge >= 0.3 is 0 Å². The second-order valence-corrected chi connectivity index (χ2v) is 4.25. The first kappa shape index (κ1) is 13.7. The van der Waals surface area contributed by atoms with Gasteiger partial charge in [0.25, 0.3) is 6.20 Å². The number of hydrogen-bond acceptors (Lipinski definition) is 5. The van der Waals surface area contributed by atoms with E-state index in [9.17, 15) is 10.1 Å². The van der Waals surface area contributed by atoms with E-state index in [0.29, 0.717) is 6.54 Å². The Morgan fingerprint density at radius 1 is 1.71 bits per heavy atom. The van der Waals surface area contributed by atoms with Crippen molar-refractivity contribution in [1.29, 1.82) is 0 Å². The fourth-order valence-corrected chi connectivity index (χ4v) is 1.65. The van der Waals surface area contributed by atoms with Gasteiger partial charge in [-0.1, -0.05) is 28.7 Å². The monoisotopic (exact) mass is 348 g/mol. The predicted molar refractivity (Wildman–Crippen MR) is 72.7 cm³/mol. The molecule has 0 spiro atoms. The second-order valence-electron chi connectivity index (χ2n) is 3.49. The summed E-state index contributed by atoms with van der Waals surface area (Å²) in [4.78, 5) is 15.5. The summed E-state index contributed by atoms with van der Waals surface area (Å²) in [6.45, 7) is 0.491. The molecular weight excluding hydrogens is 335 g/mol. The van der Waals surface area contributed by atoms with E-state index in [1.165, 1.54) is 0 Å². The fraction of sp³-hybridized carbons (Fsp3) is 0.300. The molecule has 1 aromatic heterocycles. The minimum absolute atomic E-state index is 0.118. The third-order valence-corrected chi connectivity index (χ3v) is 2.90. The zero-order valence-electron chi connectivity index (χ0n) is 9.34. The van der Waals surface area contributed by atoms with E-state index in [1.54, 1.807) is 18.1 Å². The van der Waals surface area contributed by atoms with Crippen molar-refractivity contribution in [1.82, 2.24) is 9.88 Å². The van der Waals surface area contributed by atoms with Crippen LogP contribution in [0.25, 0.3) is 0 Å². The van der Waals surface area contributed by atoms with E-state index in [1.807, 2.05) is 12.1 Å². The first-order valence-corrected chi connectivity index (χ1v) is 6.37. The van der Waals surface area contributed by atoms with Gasteiger partial charge < -0.3 is 10.6 Å². The highest BCUT2D eigenvalue weighted by molar-refractivity contribution is 14.1. The molecule has 0 saturated heterocycles. The van der Waals surface area contributed by atoms with Gasteiger partial charge in [-0.15, -0.1) is 0 Å². The highest BCUT2D eigenvalue weighted by Gasteiger charge is 2.05. The summed E-state index contributed by atoms with van der Waals surface area (Å²) in [6.07, 6.45) is 2.54. The van der Waals surface area contributed by atoms with Crippen LogP contribution in [0.1, 0.15) is 11.3 Å². The summed E-state index contributed by atoms with van der Waals surface area (Å²) in [5, 5.41) is 10.3. The Kier molecular flexibility index (Phi) is 5.13. The molecule has 0 radical (unpaired) electrons. The zero-order chi connectivity index (χ0) is 12.8. The molecule has 0 fully saturated rings. The van der Waals surface area contributed by atoms with Crippen LogP contribution >= 0.6 is 22.6 Å². The molecular formula is C10H13IN4O2. The Labute approximate surface area is 113 Å². The lowest BCUT2D eigenvalue weighted by molar-refractivity contribution is -0.404. The van der Waals surface area contributed by atoms with Crippen molar-refractivity contribution < 1.29 is 4.92 Å². The number of aromatic nitrogens is 1. The molecule has 0 aromatic carbocycles. The number of hydrogen-bond donors (Lipinski definition) is 1. The Morgan fingerprint density at radius 2 is 2.41 bits per heavy atom. The van der Waals surface area contributed by atoms with Crippen molar-refractivity contribution in [3.63, 3.8) is 0 Å². The maximum atomic E-state index is 10.3. The Morgan fingerprint density at radius 3 is 2.88 bits per heavy atom. The molecule has 17 heavy (non-hydrogen) atoms. The van der Waals surface area contributed by atoms with Crippen LogP contribution in [-0.2, 0) is 11.0 Å². The van der Waals surface area contributed by atoms with Crippen LogP contribution in [0.3, 0.4) is 0 Å². The van der Waals surface area contributed by atoms with Gasteiger partial charge in [0.15, 0.2) is 5.82 Å². The van der Waals surface area contributed by atoms with Crippen LogP contribution in [0.15, 0.2) is 30.4 Å². The van der Waals surface area contributed by atoms with Crippen molar-refractivity contribution in [2.75, 3.05) is 7.05 Å². The molecule has 6 nitrogen and oxygen atoms in total. The molecule has 1 rings (SSSR count). The molecule has 0 aliphatic carbocycles. The van der Waals surface area contributed by atoms with E-state index in [-0.39, 0.29) is 5.82 Å². The minimum Gasteiger partial charge on any atom is -0.380 e. The molecule has 1 aromatic rings. The average molecular weight is 348 g/mol. The number of pyridine rings is 1. The summed E-state index contributed by atoms with van der Waals surface area (Å²) >= 11 is 2.24. The van der Waals surface area contributed by atoms with E-state index in [2.05, 4.69) is 27.6 Å². The zero-order valence-corrected chi connectivity index (χ0v) is 11.5. The highest BCUT2D eigenvalue weighted by Crippen LogP contribution is 2.08. The van der Waals surface area contributed by atoms with Gasteiger partial charge in [-0.2, -0.15) is 0 Å². The third-order valence-electron chi connectivity index (χ3n) is 2.12. The quantitative estimate of drug-likeness (QED) is 0.377. The summed E-state index contributed by atoms with van der Waals surface area (Å²) in [7, 11) is 1.70. The molecule has 1 heterocycles. The molecule has 0 atom stereocenters. The number of nitro groups is 1. The minimum atomic E-state index is -0.566. The smallest absolute Gasteiger partial charge is 0.274 e. The third kappa shape index (κ3) is 4.55. The Balaban J connectivity index is 2.67. The first-order valence-electron chi connectivity index (χ1n) is 4.84. The van der Waals surface area contributed by atoms with Gasteiger partial charge in [-0.05, 0) is 11.6 Å². The van der Waals surface area contributed by atoms with Crippen LogP contribution in [0.4, 0.5) is 0 Å². The molecule has 7 heteroatoms. The van der Waals surface area contributed by atoms with E-state index < -0.39 is 4.92 Å². The maximum absolute atomic E-state index is 10.3. The fourth-order valence-electron chi connectivity index (χ4n) is 1.20. The van der Waals surface area contributed by atoms with E-state index in [0.717, 1.165) is 21.9 Å². The molecule has 0 amide bonds. The molecule has 0 aliphatic heterocycles. The maximum Gasteiger partial charge on any atom is 0.274 e. The van der Waals surface area contributed by atoms with Crippen LogP contribution in [0, 0.1) is 10.1 Å². The number of nitrogens with two attached hydrogens (primary N) is 1. The molecule has 0 unspecified atom stereocenters. The van der Waals surface area contributed by atoms with Crippen molar-refractivity contribution in [3.05, 3.63) is 51.7 Å². The Bertz CT molecular complexity index is 419. The number of halogens is 1. The number of nitrogens with zero attached hydrogens (tertiary/aromatic N) is 3. The van der Waals surface area contributed by atoms with Gasteiger partial charge in [-0.3, -0.25) is 15.1 Å². The van der Waals surface area contributed by atoms with Gasteiger partial charge in [0.2, 0.25) is 0 Å². The first-order chi connectivity index (χ1) is 8.02. The lowest BCUT2D eigenvalue weighted by atomic mass is 10.2. The predicted octanol–water partition coefficient (Wildman–Crippen LogP) is 1.48. The SMILES string of the molecule is CN(Cc1ccc(CI)nc1)/C(N)=C/[N+](=O)[O-]. The summed E-state index contributed by atoms with van der Waals surface area (Å²) < 4.78 is 0.858. The lowest BCUT2D eigenvalue weighted by Gasteiger charge is -2.17. The van der Waals surface area contributed by atoms with Crippen LogP contribution in [0.2, 0.25) is 0 Å². The van der Waals surface area contributed by atoms with Crippen molar-refractivity contribution in [2.24, 2.45) is 5.73 Å². The van der Waals surface area contributed by atoms with E-state index in [4.69, 9.17) is 5.73 Å². The van der Waals surface area contributed by atoms with Gasteiger partial charge in [0.05, 0.1) is 10.6 Å². The van der Waals surface area contributed by atoms with Crippen molar-refractivity contribution in [2.45, 2.75) is 11.0 Å². The highest BCUT2D eigenvalue weighted by atomic mass is 127. The summed E-state index contributed by atoms with van der Waals surface area (Å²) in [5.41, 5.74) is 7.51. The number of alkyl halides is 1. The van der Waals surface area contributed by atoms with Crippen LogP contribution in [-0.4, -0.2) is 21.9 Å². The summed E-state index contributed by atoms with van der Waals surface area (Å²) in [5.74, 6) is 0.118. The number of rotatable bonds is 5. The van der Waals surface area contributed by atoms with Gasteiger partial charge in [-0.25, -0.2) is 0 Å². The second kappa shape index (κ2) is 6.38.